The number of nitrogens with one attached hydrogen (secondary N) is 1. The van der Waals surface area contributed by atoms with Crippen molar-refractivity contribution in [3.63, 3.8) is 0 Å². The van der Waals surface area contributed by atoms with E-state index in [0.717, 1.165) is 22.6 Å². The van der Waals surface area contributed by atoms with Gasteiger partial charge in [-0.2, -0.15) is 5.10 Å². The van der Waals surface area contributed by atoms with Crippen LogP contribution in [-0.4, -0.2) is 42.3 Å². The summed E-state index contributed by atoms with van der Waals surface area (Å²) >= 11 is 0. The molecule has 0 aliphatic carbocycles. The predicted octanol–water partition coefficient (Wildman–Crippen LogP) is 2.20. The molecule has 0 saturated heterocycles. The number of carboxylic acid groups (broad SMARTS) is 1. The van der Waals surface area contributed by atoms with Crippen LogP contribution in [0.15, 0.2) is 6.07 Å². The van der Waals surface area contributed by atoms with Crippen molar-refractivity contribution in [3.05, 3.63) is 34.4 Å². The third-order valence-electron chi connectivity index (χ3n) is 4.58. The molecule has 2 aromatic rings. The van der Waals surface area contributed by atoms with E-state index in [1.807, 2.05) is 40.7 Å². The number of carbonyl (C=O) groups excluding carboxylic acids is 1. The maximum atomic E-state index is 12.5. The maximum absolute atomic E-state index is 12.5. The summed E-state index contributed by atoms with van der Waals surface area (Å²) in [5, 5.41) is 16.6. The van der Waals surface area contributed by atoms with Crippen molar-refractivity contribution in [1.29, 1.82) is 0 Å². The van der Waals surface area contributed by atoms with Gasteiger partial charge in [-0.25, -0.2) is 19.4 Å². The Labute approximate surface area is 159 Å². The van der Waals surface area contributed by atoms with Crippen LogP contribution >= 0.6 is 0 Å². The first-order valence-corrected chi connectivity index (χ1v) is 8.99. The van der Waals surface area contributed by atoms with E-state index >= 15 is 0 Å². The Morgan fingerprint density at radius 3 is 2.30 bits per heavy atom. The average molecular weight is 373 g/mol. The summed E-state index contributed by atoms with van der Waals surface area (Å²) in [5.74, 6) is -0.924. The number of hydrogen-bond donors (Lipinski definition) is 2. The summed E-state index contributed by atoms with van der Waals surface area (Å²) in [6, 6.07) is 1.88. The van der Waals surface area contributed by atoms with Crippen molar-refractivity contribution in [1.82, 2.24) is 25.1 Å². The molecule has 1 atom stereocenters. The summed E-state index contributed by atoms with van der Waals surface area (Å²) in [4.78, 5) is 32.9. The Balaban J connectivity index is 2.29. The van der Waals surface area contributed by atoms with Gasteiger partial charge >= 0.3 is 5.97 Å². The molecule has 2 rings (SSSR count). The maximum Gasteiger partial charge on any atom is 0.329 e. The second-order valence-corrected chi connectivity index (χ2v) is 7.12. The Bertz CT molecular complexity index is 854. The normalized spacial score (nSPS) is 13.3. The standard InChI is InChI=1S/C19H27N5O3/c1-7-8-19(6,17(26)27)22-16(25)10-15-13(4)23-24(14(15)5)18-20-11(2)9-12(3)21-18/h9H,7-8,10H2,1-6H3,(H,22,25)(H,26,27). The molecule has 0 spiro atoms. The Morgan fingerprint density at radius 1 is 1.19 bits per heavy atom. The number of carboxylic acids is 1. The molecule has 0 bridgehead atoms. The number of nitrogens with zero attached hydrogens (tertiary/aromatic N) is 4. The van der Waals surface area contributed by atoms with E-state index in [1.165, 1.54) is 6.92 Å². The van der Waals surface area contributed by atoms with E-state index in [-0.39, 0.29) is 12.3 Å². The lowest BCUT2D eigenvalue weighted by Crippen LogP contribution is -2.52. The fraction of sp³-hybridized carbons (Fsp3) is 0.526. The molecule has 0 fully saturated rings. The van der Waals surface area contributed by atoms with Gasteiger partial charge in [0.2, 0.25) is 5.91 Å². The van der Waals surface area contributed by atoms with Crippen LogP contribution in [0.4, 0.5) is 0 Å². The van der Waals surface area contributed by atoms with Crippen LogP contribution < -0.4 is 5.32 Å². The van der Waals surface area contributed by atoms with Crippen LogP contribution in [0.3, 0.4) is 0 Å². The van der Waals surface area contributed by atoms with Gasteiger partial charge in [-0.3, -0.25) is 4.79 Å². The van der Waals surface area contributed by atoms with Crippen LogP contribution in [0.5, 0.6) is 0 Å². The minimum atomic E-state index is -1.28. The minimum absolute atomic E-state index is 0.0506. The van der Waals surface area contributed by atoms with Crippen LogP contribution in [0.2, 0.25) is 0 Å². The second kappa shape index (κ2) is 7.85. The van der Waals surface area contributed by atoms with E-state index < -0.39 is 11.5 Å². The number of aliphatic carboxylic acids is 1. The van der Waals surface area contributed by atoms with Crippen LogP contribution in [0.1, 0.15) is 55.0 Å². The average Bonchev–Trinajstić information content (AvgIpc) is 2.82. The number of hydrogen-bond acceptors (Lipinski definition) is 5. The summed E-state index contributed by atoms with van der Waals surface area (Å²) in [6.45, 7) is 10.9. The number of rotatable bonds is 7. The van der Waals surface area contributed by atoms with Crippen molar-refractivity contribution in [2.75, 3.05) is 0 Å². The molecule has 8 nitrogen and oxygen atoms in total. The zero-order valence-electron chi connectivity index (χ0n) is 16.8. The SMILES string of the molecule is CCCC(C)(NC(=O)Cc1c(C)nn(-c2nc(C)cc(C)n2)c1C)C(=O)O. The zero-order valence-corrected chi connectivity index (χ0v) is 16.8. The minimum Gasteiger partial charge on any atom is -0.480 e. The predicted molar refractivity (Wildman–Crippen MR) is 101 cm³/mol. The van der Waals surface area contributed by atoms with Crippen molar-refractivity contribution >= 4 is 11.9 Å². The first-order valence-electron chi connectivity index (χ1n) is 8.99. The lowest BCUT2D eigenvalue weighted by Gasteiger charge is -2.25. The van der Waals surface area contributed by atoms with Crippen molar-refractivity contribution < 1.29 is 14.7 Å². The molecule has 0 radical (unpaired) electrons. The molecular weight excluding hydrogens is 346 g/mol. The topological polar surface area (TPSA) is 110 Å². The highest BCUT2D eigenvalue weighted by Gasteiger charge is 2.34. The quantitative estimate of drug-likeness (QED) is 0.770. The molecule has 0 saturated carbocycles. The van der Waals surface area contributed by atoms with E-state index in [0.29, 0.717) is 24.5 Å². The van der Waals surface area contributed by atoms with Gasteiger partial charge in [-0.15, -0.1) is 0 Å². The molecule has 27 heavy (non-hydrogen) atoms. The third kappa shape index (κ3) is 4.50. The molecule has 0 aliphatic heterocycles. The molecule has 2 aromatic heterocycles. The molecule has 0 aromatic carbocycles. The van der Waals surface area contributed by atoms with Gasteiger partial charge < -0.3 is 10.4 Å². The van der Waals surface area contributed by atoms with Crippen LogP contribution in [0, 0.1) is 27.7 Å². The van der Waals surface area contributed by atoms with E-state index in [4.69, 9.17) is 0 Å². The van der Waals surface area contributed by atoms with Gasteiger partial charge in [0.25, 0.3) is 5.95 Å². The molecular formula is C19H27N5O3. The molecule has 0 aliphatic rings. The highest BCUT2D eigenvalue weighted by Crippen LogP contribution is 2.18. The van der Waals surface area contributed by atoms with Crippen molar-refractivity contribution in [2.45, 2.75) is 66.3 Å². The van der Waals surface area contributed by atoms with Gasteiger partial charge in [-0.1, -0.05) is 13.3 Å². The summed E-state index contributed by atoms with van der Waals surface area (Å²) in [7, 11) is 0. The van der Waals surface area contributed by atoms with Crippen molar-refractivity contribution in [2.24, 2.45) is 0 Å². The zero-order chi connectivity index (χ0) is 20.4. The van der Waals surface area contributed by atoms with E-state index in [2.05, 4.69) is 20.4 Å². The molecule has 1 amide bonds. The van der Waals surface area contributed by atoms with E-state index in [1.54, 1.807) is 4.68 Å². The number of carbonyl (C=O) groups is 2. The monoisotopic (exact) mass is 373 g/mol. The third-order valence-corrected chi connectivity index (χ3v) is 4.58. The van der Waals surface area contributed by atoms with Crippen LogP contribution in [0.25, 0.3) is 5.95 Å². The summed E-state index contributed by atoms with van der Waals surface area (Å²) < 4.78 is 1.63. The Morgan fingerprint density at radius 2 is 1.78 bits per heavy atom. The number of amides is 1. The largest absolute Gasteiger partial charge is 0.480 e. The molecule has 146 valence electrons. The summed E-state index contributed by atoms with van der Waals surface area (Å²) in [6.07, 6.45) is 1.07. The number of aryl methyl sites for hydroxylation is 3. The first kappa shape index (κ1) is 20.5. The first-order chi connectivity index (χ1) is 12.6. The molecule has 1 unspecified atom stereocenters. The highest BCUT2D eigenvalue weighted by molar-refractivity contribution is 5.87. The van der Waals surface area contributed by atoms with Gasteiger partial charge in [0.05, 0.1) is 12.1 Å². The smallest absolute Gasteiger partial charge is 0.329 e. The Kier molecular flexibility index (Phi) is 5.98. The lowest BCUT2D eigenvalue weighted by molar-refractivity contribution is -0.147. The van der Waals surface area contributed by atoms with E-state index in [9.17, 15) is 14.7 Å². The van der Waals surface area contributed by atoms with Gasteiger partial charge in [0, 0.05) is 22.6 Å². The van der Waals surface area contributed by atoms with Gasteiger partial charge in [0.15, 0.2) is 0 Å². The van der Waals surface area contributed by atoms with Crippen LogP contribution in [-0.2, 0) is 16.0 Å². The van der Waals surface area contributed by atoms with Gasteiger partial charge in [-0.05, 0) is 47.1 Å². The molecule has 2 N–H and O–H groups in total. The molecule has 2 heterocycles. The Hall–Kier alpha value is -2.77. The number of aromatic nitrogens is 4. The van der Waals surface area contributed by atoms with Crippen molar-refractivity contribution in [3.8, 4) is 5.95 Å². The molecule has 8 heteroatoms. The lowest BCUT2D eigenvalue weighted by atomic mass is 9.95. The fourth-order valence-electron chi connectivity index (χ4n) is 3.16. The second-order valence-electron chi connectivity index (χ2n) is 7.12. The fourth-order valence-corrected chi connectivity index (χ4v) is 3.16. The highest BCUT2D eigenvalue weighted by atomic mass is 16.4. The van der Waals surface area contributed by atoms with Gasteiger partial charge in [0.1, 0.15) is 5.54 Å². The summed E-state index contributed by atoms with van der Waals surface area (Å²) in [5.41, 5.74) is 2.60.